The van der Waals surface area contributed by atoms with Gasteiger partial charge in [0.25, 0.3) is 5.91 Å². The highest BCUT2D eigenvalue weighted by atomic mass is 16.2. The van der Waals surface area contributed by atoms with E-state index >= 15 is 0 Å². The van der Waals surface area contributed by atoms with Gasteiger partial charge in [0, 0.05) is 18.2 Å². The van der Waals surface area contributed by atoms with Crippen molar-refractivity contribution >= 4 is 22.7 Å². The van der Waals surface area contributed by atoms with Crippen LogP contribution in [0.25, 0.3) is 11.1 Å². The van der Waals surface area contributed by atoms with Crippen LogP contribution in [-0.2, 0) is 4.79 Å². The van der Waals surface area contributed by atoms with Crippen molar-refractivity contribution < 1.29 is 4.79 Å². The number of fused-ring (bicyclic) bond motifs is 1. The second kappa shape index (κ2) is 6.06. The molecule has 2 heteroatoms. The van der Waals surface area contributed by atoms with Crippen molar-refractivity contribution in [2.45, 2.75) is 6.92 Å². The van der Waals surface area contributed by atoms with Crippen LogP contribution in [0.15, 0.2) is 78.9 Å². The number of aryl methyl sites for hydroxylation is 1. The zero-order valence-corrected chi connectivity index (χ0v) is 14.4. The summed E-state index contributed by atoms with van der Waals surface area (Å²) in [6.07, 6.45) is 0. The number of amides is 1. The molecule has 0 radical (unpaired) electrons. The lowest BCUT2D eigenvalue weighted by molar-refractivity contribution is -0.112. The molecule has 1 aliphatic heterocycles. The van der Waals surface area contributed by atoms with Gasteiger partial charge in [-0.1, -0.05) is 78.4 Å². The summed E-state index contributed by atoms with van der Waals surface area (Å²) >= 11 is 0. The number of carbonyl (C=O) groups is 1. The van der Waals surface area contributed by atoms with Gasteiger partial charge < -0.3 is 4.90 Å². The van der Waals surface area contributed by atoms with E-state index in [1.54, 1.807) is 4.90 Å². The lowest BCUT2D eigenvalue weighted by atomic mass is 9.90. The molecule has 0 unspecified atom stereocenters. The molecule has 4 rings (SSSR count). The Morgan fingerprint density at radius 2 is 1.36 bits per heavy atom. The molecule has 3 aromatic carbocycles. The maximum atomic E-state index is 13.1. The van der Waals surface area contributed by atoms with E-state index in [1.807, 2.05) is 49.5 Å². The third-order valence-electron chi connectivity index (χ3n) is 4.71. The molecule has 25 heavy (non-hydrogen) atoms. The number of para-hydroxylation sites is 1. The summed E-state index contributed by atoms with van der Waals surface area (Å²) in [7, 11) is 1.84. The van der Waals surface area contributed by atoms with Gasteiger partial charge in [-0.15, -0.1) is 0 Å². The molecule has 2 nitrogen and oxygen atoms in total. The molecule has 0 spiro atoms. The Morgan fingerprint density at radius 1 is 0.760 bits per heavy atom. The first-order valence-electron chi connectivity index (χ1n) is 8.41. The van der Waals surface area contributed by atoms with Crippen LogP contribution in [0.2, 0.25) is 0 Å². The Kier molecular flexibility index (Phi) is 3.73. The molecule has 0 bridgehead atoms. The highest BCUT2D eigenvalue weighted by Crippen LogP contribution is 2.42. The number of likely N-dealkylation sites (N-methyl/N-ethyl adjacent to an activating group) is 1. The topological polar surface area (TPSA) is 20.3 Å². The summed E-state index contributed by atoms with van der Waals surface area (Å²) in [6, 6.07) is 26.5. The Morgan fingerprint density at radius 3 is 2.08 bits per heavy atom. The standard InChI is InChI=1S/C23H19NO/c1-16-12-14-18(15-13-16)21(17-8-4-3-5-9-17)22-19-10-6-7-11-20(19)24(2)23(22)25/h3-15H,1-2H3/b22-21-. The minimum Gasteiger partial charge on any atom is -0.311 e. The lowest BCUT2D eigenvalue weighted by Gasteiger charge is -2.13. The molecule has 1 aliphatic rings. The molecule has 0 aliphatic carbocycles. The summed E-state index contributed by atoms with van der Waals surface area (Å²) in [6.45, 7) is 2.07. The largest absolute Gasteiger partial charge is 0.311 e. The fourth-order valence-corrected chi connectivity index (χ4v) is 3.39. The minimum atomic E-state index is 0.0422. The highest BCUT2D eigenvalue weighted by Gasteiger charge is 2.32. The van der Waals surface area contributed by atoms with Gasteiger partial charge in [0.2, 0.25) is 0 Å². The highest BCUT2D eigenvalue weighted by molar-refractivity contribution is 6.38. The molecule has 1 amide bonds. The van der Waals surface area contributed by atoms with Gasteiger partial charge in [-0.3, -0.25) is 4.79 Å². The molecule has 0 saturated heterocycles. The summed E-state index contributed by atoms with van der Waals surface area (Å²) in [4.78, 5) is 14.8. The van der Waals surface area contributed by atoms with E-state index < -0.39 is 0 Å². The van der Waals surface area contributed by atoms with E-state index in [9.17, 15) is 4.79 Å². The molecule has 0 atom stereocenters. The summed E-state index contributed by atoms with van der Waals surface area (Å²) in [5.41, 5.74) is 7.04. The van der Waals surface area contributed by atoms with Gasteiger partial charge >= 0.3 is 0 Å². The van der Waals surface area contributed by atoms with Crippen molar-refractivity contribution in [3.63, 3.8) is 0 Å². The Balaban J connectivity index is 2.06. The third-order valence-corrected chi connectivity index (χ3v) is 4.71. The first-order valence-corrected chi connectivity index (χ1v) is 8.41. The van der Waals surface area contributed by atoms with Crippen LogP contribution in [0.4, 0.5) is 5.69 Å². The van der Waals surface area contributed by atoms with Crippen LogP contribution in [0.1, 0.15) is 22.3 Å². The van der Waals surface area contributed by atoms with Crippen LogP contribution in [-0.4, -0.2) is 13.0 Å². The molecule has 0 aromatic heterocycles. The summed E-state index contributed by atoms with van der Waals surface area (Å²) in [5.74, 6) is 0.0422. The Hall–Kier alpha value is -3.13. The number of benzene rings is 3. The van der Waals surface area contributed by atoms with Crippen LogP contribution in [0.3, 0.4) is 0 Å². The number of nitrogens with zero attached hydrogens (tertiary/aromatic N) is 1. The van der Waals surface area contributed by atoms with Gasteiger partial charge in [0.15, 0.2) is 0 Å². The predicted molar refractivity (Wildman–Crippen MR) is 103 cm³/mol. The second-order valence-electron chi connectivity index (χ2n) is 6.36. The van der Waals surface area contributed by atoms with E-state index in [0.717, 1.165) is 33.5 Å². The quantitative estimate of drug-likeness (QED) is 0.612. The number of hydrogen-bond donors (Lipinski definition) is 0. The summed E-state index contributed by atoms with van der Waals surface area (Å²) in [5, 5.41) is 0. The van der Waals surface area contributed by atoms with Gasteiger partial charge in [0.05, 0.1) is 11.3 Å². The smallest absolute Gasteiger partial charge is 0.259 e. The fourth-order valence-electron chi connectivity index (χ4n) is 3.39. The average molecular weight is 325 g/mol. The zero-order valence-electron chi connectivity index (χ0n) is 14.4. The van der Waals surface area contributed by atoms with E-state index in [1.165, 1.54) is 5.56 Å². The minimum absolute atomic E-state index is 0.0422. The Labute approximate surface area is 148 Å². The van der Waals surface area contributed by atoms with Crippen molar-refractivity contribution in [3.8, 4) is 0 Å². The molecule has 3 aromatic rings. The van der Waals surface area contributed by atoms with E-state index in [-0.39, 0.29) is 5.91 Å². The van der Waals surface area contributed by atoms with Crippen molar-refractivity contribution in [2.24, 2.45) is 0 Å². The maximum absolute atomic E-state index is 13.1. The van der Waals surface area contributed by atoms with Gasteiger partial charge in [0.1, 0.15) is 0 Å². The summed E-state index contributed by atoms with van der Waals surface area (Å²) < 4.78 is 0. The van der Waals surface area contributed by atoms with Gasteiger partial charge in [-0.25, -0.2) is 0 Å². The van der Waals surface area contributed by atoms with Crippen molar-refractivity contribution in [3.05, 3.63) is 101 Å². The number of anilines is 1. The average Bonchev–Trinajstić information content (AvgIpc) is 2.90. The van der Waals surface area contributed by atoms with Gasteiger partial charge in [-0.2, -0.15) is 0 Å². The van der Waals surface area contributed by atoms with Crippen LogP contribution in [0.5, 0.6) is 0 Å². The molecule has 122 valence electrons. The van der Waals surface area contributed by atoms with Crippen LogP contribution in [0, 0.1) is 6.92 Å². The molecule has 0 saturated carbocycles. The number of carbonyl (C=O) groups excluding carboxylic acids is 1. The molecular weight excluding hydrogens is 306 g/mol. The third kappa shape index (κ3) is 2.56. The molecule has 0 N–H and O–H groups in total. The normalized spacial score (nSPS) is 15.3. The van der Waals surface area contributed by atoms with Crippen molar-refractivity contribution in [2.75, 3.05) is 11.9 Å². The van der Waals surface area contributed by atoms with E-state index in [4.69, 9.17) is 0 Å². The van der Waals surface area contributed by atoms with E-state index in [0.29, 0.717) is 0 Å². The zero-order chi connectivity index (χ0) is 17.4. The maximum Gasteiger partial charge on any atom is 0.259 e. The molecular formula is C23H19NO. The van der Waals surface area contributed by atoms with Crippen molar-refractivity contribution in [1.29, 1.82) is 0 Å². The van der Waals surface area contributed by atoms with Crippen LogP contribution >= 0.6 is 0 Å². The van der Waals surface area contributed by atoms with E-state index in [2.05, 4.69) is 43.3 Å². The van der Waals surface area contributed by atoms with Crippen LogP contribution < -0.4 is 4.90 Å². The lowest BCUT2D eigenvalue weighted by Crippen LogP contribution is -2.20. The number of rotatable bonds is 2. The number of hydrogen-bond acceptors (Lipinski definition) is 1. The molecule has 0 fully saturated rings. The monoisotopic (exact) mass is 325 g/mol. The first kappa shape index (κ1) is 15.4. The Bertz CT molecular complexity index is 968. The first-order chi connectivity index (χ1) is 12.2. The van der Waals surface area contributed by atoms with Crippen molar-refractivity contribution in [1.82, 2.24) is 0 Å². The predicted octanol–water partition coefficient (Wildman–Crippen LogP) is 4.93. The van der Waals surface area contributed by atoms with Gasteiger partial charge in [-0.05, 0) is 24.1 Å². The SMILES string of the molecule is Cc1ccc(/C(=C2\C(=O)N(C)c3ccccc32)c2ccccc2)cc1. The fraction of sp³-hybridized carbons (Fsp3) is 0.0870. The molecule has 1 heterocycles. The second-order valence-corrected chi connectivity index (χ2v) is 6.36.